The lowest BCUT2D eigenvalue weighted by Gasteiger charge is -2.15. The van der Waals surface area contributed by atoms with Gasteiger partial charge in [-0.05, 0) is 64.3 Å². The third-order valence-electron chi connectivity index (χ3n) is 3.56. The smallest absolute Gasteiger partial charge is 0.269 e. The van der Waals surface area contributed by atoms with Gasteiger partial charge in [0.2, 0.25) is 0 Å². The second-order valence-corrected chi connectivity index (χ2v) is 6.36. The van der Waals surface area contributed by atoms with Crippen molar-refractivity contribution >= 4 is 33.6 Å². The van der Waals surface area contributed by atoms with Crippen LogP contribution in [0.15, 0.2) is 46.4 Å². The molecule has 0 heterocycles. The van der Waals surface area contributed by atoms with Crippen LogP contribution in [-0.4, -0.2) is 17.4 Å². The van der Waals surface area contributed by atoms with E-state index >= 15 is 0 Å². The molecule has 0 radical (unpaired) electrons. The van der Waals surface area contributed by atoms with Crippen molar-refractivity contribution in [3.05, 3.63) is 67.7 Å². The number of hydrogen-bond acceptors (Lipinski definition) is 6. The van der Waals surface area contributed by atoms with E-state index in [1.807, 2.05) is 0 Å². The Balaban J connectivity index is 2.29. The van der Waals surface area contributed by atoms with Crippen LogP contribution in [0.4, 0.5) is 5.69 Å². The zero-order chi connectivity index (χ0) is 20.7. The fourth-order valence-electron chi connectivity index (χ4n) is 2.27. The van der Waals surface area contributed by atoms with Crippen molar-refractivity contribution in [1.82, 2.24) is 0 Å². The van der Waals surface area contributed by atoms with E-state index in [4.69, 9.17) is 20.5 Å². The van der Waals surface area contributed by atoms with E-state index in [1.165, 1.54) is 18.2 Å². The standard InChI is InChI=1S/C19H16BrN3O5/c1-2-27-17-9-13(7-14(10-21)19(22)24)8-16(20)18(17)28-11-12-3-5-15(6-4-12)23(25)26/h3-9H,2,11H2,1H3,(H2,22,24)/b14-7+. The van der Waals surface area contributed by atoms with Gasteiger partial charge in [0.05, 0.1) is 16.0 Å². The van der Waals surface area contributed by atoms with Gasteiger partial charge >= 0.3 is 0 Å². The van der Waals surface area contributed by atoms with E-state index in [1.54, 1.807) is 37.3 Å². The molecule has 0 unspecified atom stereocenters. The number of halogens is 1. The molecule has 0 aliphatic carbocycles. The first-order valence-corrected chi connectivity index (χ1v) is 8.89. The molecule has 28 heavy (non-hydrogen) atoms. The maximum atomic E-state index is 11.2. The Labute approximate surface area is 169 Å². The van der Waals surface area contributed by atoms with Gasteiger partial charge in [-0.2, -0.15) is 5.26 Å². The quantitative estimate of drug-likeness (QED) is 0.285. The minimum absolute atomic E-state index is 0.00109. The lowest BCUT2D eigenvalue weighted by molar-refractivity contribution is -0.384. The monoisotopic (exact) mass is 445 g/mol. The number of nitro groups is 1. The molecule has 2 rings (SSSR count). The molecule has 0 saturated heterocycles. The fourth-order valence-corrected chi connectivity index (χ4v) is 2.84. The normalized spacial score (nSPS) is 10.8. The predicted octanol–water partition coefficient (Wildman–Crippen LogP) is 3.73. The van der Waals surface area contributed by atoms with Crippen LogP contribution >= 0.6 is 15.9 Å². The summed E-state index contributed by atoms with van der Waals surface area (Å²) in [4.78, 5) is 21.5. The molecule has 0 fully saturated rings. The molecule has 0 aliphatic rings. The van der Waals surface area contributed by atoms with Gasteiger partial charge in [-0.3, -0.25) is 14.9 Å². The maximum Gasteiger partial charge on any atom is 0.269 e. The molecule has 0 saturated carbocycles. The van der Waals surface area contributed by atoms with E-state index in [-0.39, 0.29) is 17.9 Å². The van der Waals surface area contributed by atoms with Gasteiger partial charge in [-0.15, -0.1) is 0 Å². The number of non-ortho nitro benzene ring substituents is 1. The second-order valence-electron chi connectivity index (χ2n) is 5.51. The molecule has 0 aromatic heterocycles. The average molecular weight is 446 g/mol. The van der Waals surface area contributed by atoms with Crippen LogP contribution in [0.5, 0.6) is 11.5 Å². The summed E-state index contributed by atoms with van der Waals surface area (Å²) in [6.45, 7) is 2.34. The maximum absolute atomic E-state index is 11.2. The third kappa shape index (κ3) is 5.31. The van der Waals surface area contributed by atoms with E-state index in [9.17, 15) is 14.9 Å². The summed E-state index contributed by atoms with van der Waals surface area (Å²) in [7, 11) is 0. The highest BCUT2D eigenvalue weighted by atomic mass is 79.9. The van der Waals surface area contributed by atoms with Gasteiger partial charge in [-0.25, -0.2) is 0 Å². The van der Waals surface area contributed by atoms with Crippen LogP contribution in [0.2, 0.25) is 0 Å². The van der Waals surface area contributed by atoms with E-state index in [0.29, 0.717) is 28.1 Å². The van der Waals surface area contributed by atoms with Crippen molar-refractivity contribution in [3.63, 3.8) is 0 Å². The van der Waals surface area contributed by atoms with Crippen molar-refractivity contribution < 1.29 is 19.2 Å². The van der Waals surface area contributed by atoms with E-state index < -0.39 is 10.8 Å². The summed E-state index contributed by atoms with van der Waals surface area (Å²) in [5, 5.41) is 19.7. The number of nitriles is 1. The Hall–Kier alpha value is -3.38. The van der Waals surface area contributed by atoms with Gasteiger partial charge in [0.25, 0.3) is 11.6 Å². The zero-order valence-electron chi connectivity index (χ0n) is 14.8. The van der Waals surface area contributed by atoms with E-state index in [0.717, 1.165) is 5.56 Å². The van der Waals surface area contributed by atoms with Crippen molar-refractivity contribution in [3.8, 4) is 17.6 Å². The van der Waals surface area contributed by atoms with Gasteiger partial charge in [0.1, 0.15) is 18.2 Å². The number of rotatable bonds is 8. The summed E-state index contributed by atoms with van der Waals surface area (Å²) >= 11 is 3.40. The van der Waals surface area contributed by atoms with Gasteiger partial charge in [0.15, 0.2) is 11.5 Å². The second kappa shape index (κ2) is 9.53. The van der Waals surface area contributed by atoms with Crippen molar-refractivity contribution in [2.24, 2.45) is 5.73 Å². The van der Waals surface area contributed by atoms with Crippen LogP contribution in [-0.2, 0) is 11.4 Å². The van der Waals surface area contributed by atoms with Gasteiger partial charge < -0.3 is 15.2 Å². The number of nitrogens with two attached hydrogens (primary N) is 1. The molecule has 0 spiro atoms. The molecular formula is C19H16BrN3O5. The predicted molar refractivity (Wildman–Crippen MR) is 106 cm³/mol. The average Bonchev–Trinajstić information content (AvgIpc) is 2.65. The fraction of sp³-hybridized carbons (Fsp3) is 0.158. The first-order valence-electron chi connectivity index (χ1n) is 8.09. The molecule has 0 bridgehead atoms. The largest absolute Gasteiger partial charge is 0.490 e. The molecule has 0 aliphatic heterocycles. The Morgan fingerprint density at radius 1 is 1.32 bits per heavy atom. The summed E-state index contributed by atoms with van der Waals surface area (Å²) in [5.74, 6) is 0.0109. The number of carbonyl (C=O) groups excluding carboxylic acids is 1. The first kappa shape index (κ1) is 20.9. The SMILES string of the molecule is CCOc1cc(/C=C(\C#N)C(N)=O)cc(Br)c1OCc1ccc([N+](=O)[O-])cc1. The topological polar surface area (TPSA) is 128 Å². The molecule has 1 amide bonds. The first-order chi connectivity index (χ1) is 13.3. The van der Waals surface area contributed by atoms with Crippen molar-refractivity contribution in [2.45, 2.75) is 13.5 Å². The molecule has 2 aromatic rings. The van der Waals surface area contributed by atoms with Crippen molar-refractivity contribution in [2.75, 3.05) is 6.61 Å². The third-order valence-corrected chi connectivity index (χ3v) is 4.15. The molecular weight excluding hydrogens is 430 g/mol. The molecule has 2 N–H and O–H groups in total. The highest BCUT2D eigenvalue weighted by Gasteiger charge is 2.14. The van der Waals surface area contributed by atoms with Gasteiger partial charge in [0, 0.05) is 12.1 Å². The van der Waals surface area contributed by atoms with Crippen LogP contribution in [0.1, 0.15) is 18.1 Å². The number of hydrogen-bond donors (Lipinski definition) is 1. The Morgan fingerprint density at radius 3 is 2.54 bits per heavy atom. The number of ether oxygens (including phenoxy) is 2. The Morgan fingerprint density at radius 2 is 2.00 bits per heavy atom. The summed E-state index contributed by atoms with van der Waals surface area (Å²) in [6, 6.07) is 11.0. The molecule has 8 nitrogen and oxygen atoms in total. The molecule has 9 heteroatoms. The van der Waals surface area contributed by atoms with Crippen LogP contribution in [0.25, 0.3) is 6.08 Å². The molecule has 0 atom stereocenters. The number of carbonyl (C=O) groups is 1. The summed E-state index contributed by atoms with van der Waals surface area (Å²) in [6.07, 6.45) is 1.36. The number of benzene rings is 2. The lowest BCUT2D eigenvalue weighted by Crippen LogP contribution is -2.12. The van der Waals surface area contributed by atoms with Gasteiger partial charge in [-0.1, -0.05) is 0 Å². The molecule has 144 valence electrons. The lowest BCUT2D eigenvalue weighted by atomic mass is 10.1. The van der Waals surface area contributed by atoms with Crippen LogP contribution in [0, 0.1) is 21.4 Å². The number of nitrogens with zero attached hydrogens (tertiary/aromatic N) is 2. The van der Waals surface area contributed by atoms with Crippen LogP contribution in [0.3, 0.4) is 0 Å². The zero-order valence-corrected chi connectivity index (χ0v) is 16.4. The van der Waals surface area contributed by atoms with E-state index in [2.05, 4.69) is 15.9 Å². The Bertz CT molecular complexity index is 965. The Kier molecular flexibility index (Phi) is 7.12. The highest BCUT2D eigenvalue weighted by molar-refractivity contribution is 9.10. The number of amides is 1. The highest BCUT2D eigenvalue weighted by Crippen LogP contribution is 2.38. The minimum atomic E-state index is -0.824. The number of primary amides is 1. The minimum Gasteiger partial charge on any atom is -0.490 e. The summed E-state index contributed by atoms with van der Waals surface area (Å²) in [5.41, 5.74) is 6.25. The molecule has 2 aromatic carbocycles. The number of nitro benzene ring substituents is 1. The van der Waals surface area contributed by atoms with Crippen molar-refractivity contribution in [1.29, 1.82) is 5.26 Å². The van der Waals surface area contributed by atoms with Crippen LogP contribution < -0.4 is 15.2 Å². The summed E-state index contributed by atoms with van der Waals surface area (Å²) < 4.78 is 12.0.